The summed E-state index contributed by atoms with van der Waals surface area (Å²) in [5.74, 6) is -0.507. The topological polar surface area (TPSA) is 208 Å². The van der Waals surface area contributed by atoms with E-state index in [2.05, 4.69) is 0 Å². The van der Waals surface area contributed by atoms with Crippen LogP contribution in [0, 0.1) is 0 Å². The Hall–Kier alpha value is -5.28. The smallest absolute Gasteiger partial charge is 0.508 e. The predicted octanol–water partition coefficient (Wildman–Crippen LogP) is 2.27. The Morgan fingerprint density at radius 3 is 2.19 bits per heavy atom. The maximum Gasteiger partial charge on any atom is 0.510 e. The summed E-state index contributed by atoms with van der Waals surface area (Å²) >= 11 is 0. The van der Waals surface area contributed by atoms with Crippen molar-refractivity contribution in [1.29, 1.82) is 0 Å². The van der Waals surface area contributed by atoms with E-state index in [4.69, 9.17) is 32.8 Å². The van der Waals surface area contributed by atoms with Gasteiger partial charge in [-0.1, -0.05) is 12.1 Å². The Labute approximate surface area is 267 Å². The van der Waals surface area contributed by atoms with Gasteiger partial charge in [-0.3, -0.25) is 4.79 Å². The van der Waals surface area contributed by atoms with Crippen LogP contribution in [0.2, 0.25) is 0 Å². The standard InChI is InChI=1S/C33H32O14/c1-41-19-12-21(35)20-14-25(32(45-22(20)13-19)17-10-23(42-2)28(37)24(11-17)43-3)46-33-31(40)30(39)29(38)26(47-33)15-44-27(36)9-6-16-4-7-18(34)8-5-16/h4-14,26,29-31,33-34,37-40H,15H2,1-3H3/p+1/t26-,29-,30+,31-,33-/m1/s1. The highest BCUT2D eigenvalue weighted by atomic mass is 16.7. The van der Waals surface area contributed by atoms with Crippen LogP contribution in [0.1, 0.15) is 5.56 Å². The number of carbonyl (C=O) groups excluding carboxylic acids is 1. The quantitative estimate of drug-likeness (QED) is 0.0947. The maximum absolute atomic E-state index is 12.9. The summed E-state index contributed by atoms with van der Waals surface area (Å²) in [6.45, 7) is -0.470. The number of hydrogen-bond acceptors (Lipinski definition) is 13. The Balaban J connectivity index is 1.46. The summed E-state index contributed by atoms with van der Waals surface area (Å²) in [6.07, 6.45) is -5.41. The number of ether oxygens (including phenoxy) is 6. The molecule has 1 aliphatic carbocycles. The van der Waals surface area contributed by atoms with E-state index in [1.807, 2.05) is 0 Å². The number of fused-ring (bicyclic) bond motifs is 1. The highest BCUT2D eigenvalue weighted by Gasteiger charge is 2.47. The number of aromatic hydroxyl groups is 2. The number of methoxy groups -OCH3 is 3. The molecule has 0 amide bonds. The zero-order valence-corrected chi connectivity index (χ0v) is 25.4. The van der Waals surface area contributed by atoms with Gasteiger partial charge in [0.2, 0.25) is 18.6 Å². The van der Waals surface area contributed by atoms with Crippen LogP contribution in [0.15, 0.2) is 69.9 Å². The number of benzene rings is 3. The molecule has 0 aromatic heterocycles. The number of aliphatic hydroxyl groups excluding tert-OH is 3. The first-order chi connectivity index (χ1) is 22.5. The van der Waals surface area contributed by atoms with Gasteiger partial charge < -0.3 is 63.2 Å². The van der Waals surface area contributed by atoms with E-state index in [1.54, 1.807) is 12.1 Å². The minimum atomic E-state index is -1.79. The second kappa shape index (κ2) is 14.0. The molecule has 14 heteroatoms. The van der Waals surface area contributed by atoms with Crippen molar-refractivity contribution in [1.82, 2.24) is 0 Å². The number of phenolic OH excluding ortho intramolecular Hbond substituents is 2. The third-order valence-electron chi connectivity index (χ3n) is 7.39. The number of rotatable bonds is 10. The van der Waals surface area contributed by atoms with E-state index in [9.17, 15) is 35.1 Å². The van der Waals surface area contributed by atoms with Crippen molar-refractivity contribution in [2.45, 2.75) is 30.7 Å². The van der Waals surface area contributed by atoms with Gasteiger partial charge in [-0.25, -0.2) is 0 Å². The van der Waals surface area contributed by atoms with Gasteiger partial charge in [0.1, 0.15) is 35.6 Å². The van der Waals surface area contributed by atoms with Crippen molar-refractivity contribution in [2.75, 3.05) is 27.9 Å². The SMILES string of the molecule is COc1cc2oc(-c3cc(OC)c(O)c(OC)c3)c(O[C@@H]3O[C@H](COC(=[OH+])C=Cc4ccc(O)cc4)[C@@H](O)[C@H](O)[C@H]3O)cc-2c(=O)c1. The Morgan fingerprint density at radius 1 is 0.872 bits per heavy atom. The van der Waals surface area contributed by atoms with Crippen LogP contribution in [0.5, 0.6) is 34.5 Å². The maximum atomic E-state index is 12.9. The zero-order valence-electron chi connectivity index (χ0n) is 25.4. The highest BCUT2D eigenvalue weighted by molar-refractivity contribution is 5.88. The lowest BCUT2D eigenvalue weighted by atomic mass is 9.99. The minimum absolute atomic E-state index is 0.0173. The third kappa shape index (κ3) is 7.10. The van der Waals surface area contributed by atoms with Crippen molar-refractivity contribution in [3.05, 3.63) is 76.5 Å². The molecule has 14 nitrogen and oxygen atoms in total. The third-order valence-corrected chi connectivity index (χ3v) is 7.39. The van der Waals surface area contributed by atoms with Crippen LogP contribution in [-0.4, -0.2) is 94.9 Å². The van der Waals surface area contributed by atoms with E-state index in [1.165, 1.54) is 75.9 Å². The Kier molecular flexibility index (Phi) is 9.86. The largest absolute Gasteiger partial charge is 0.510 e. The average Bonchev–Trinajstić information content (AvgIpc) is 3.07. The van der Waals surface area contributed by atoms with Gasteiger partial charge in [0.15, 0.2) is 34.5 Å². The predicted molar refractivity (Wildman–Crippen MR) is 166 cm³/mol. The van der Waals surface area contributed by atoms with E-state index in [0.717, 1.165) is 0 Å². The molecule has 47 heavy (non-hydrogen) atoms. The molecule has 5 rings (SSSR count). The lowest BCUT2D eigenvalue weighted by molar-refractivity contribution is -0.276. The summed E-state index contributed by atoms with van der Waals surface area (Å²) in [4.78, 5) is 23.2. The van der Waals surface area contributed by atoms with Crippen LogP contribution in [0.4, 0.5) is 0 Å². The summed E-state index contributed by atoms with van der Waals surface area (Å²) in [7, 11) is 4.06. The molecule has 2 aromatic rings. The monoisotopic (exact) mass is 653 g/mol. The molecule has 248 valence electrons. The minimum Gasteiger partial charge on any atom is -0.508 e. The fourth-order valence-corrected chi connectivity index (χ4v) is 4.84. The molecule has 5 atom stereocenters. The van der Waals surface area contributed by atoms with Gasteiger partial charge in [-0.15, -0.1) is 0 Å². The second-order valence-corrected chi connectivity index (χ2v) is 10.4. The Bertz CT molecular complexity index is 1750. The molecule has 3 aliphatic rings. The van der Waals surface area contributed by atoms with Gasteiger partial charge in [-0.05, 0) is 42.0 Å². The molecule has 1 saturated heterocycles. The number of phenols is 2. The van der Waals surface area contributed by atoms with E-state index in [-0.39, 0.29) is 57.1 Å². The fraction of sp³-hybridized carbons (Fsp3) is 0.273. The Morgan fingerprint density at radius 2 is 1.55 bits per heavy atom. The first kappa shape index (κ1) is 33.1. The lowest BCUT2D eigenvalue weighted by Crippen LogP contribution is -2.60. The van der Waals surface area contributed by atoms with Gasteiger partial charge in [0.05, 0.1) is 33.0 Å². The fourth-order valence-electron chi connectivity index (χ4n) is 4.84. The van der Waals surface area contributed by atoms with Crippen LogP contribution < -0.4 is 24.4 Å². The normalized spacial score (nSPS) is 21.0. The van der Waals surface area contributed by atoms with Gasteiger partial charge in [0, 0.05) is 17.7 Å². The van der Waals surface area contributed by atoms with Gasteiger partial charge in [0.25, 0.3) is 0 Å². The molecule has 0 spiro atoms. The van der Waals surface area contributed by atoms with Crippen molar-refractivity contribution in [2.24, 2.45) is 0 Å². The molecule has 0 unspecified atom stereocenters. The van der Waals surface area contributed by atoms with Gasteiger partial charge >= 0.3 is 5.97 Å². The molecule has 0 radical (unpaired) electrons. The number of hydrogen-bond donors (Lipinski definition) is 5. The van der Waals surface area contributed by atoms with Crippen LogP contribution >= 0.6 is 0 Å². The highest BCUT2D eigenvalue weighted by Crippen LogP contribution is 2.45. The average molecular weight is 654 g/mol. The molecule has 0 bridgehead atoms. The second-order valence-electron chi connectivity index (χ2n) is 10.4. The molecular weight excluding hydrogens is 620 g/mol. The number of esters is 1. The zero-order chi connectivity index (χ0) is 33.8. The number of aliphatic hydroxyl groups is 3. The van der Waals surface area contributed by atoms with Crippen molar-refractivity contribution in [3.8, 4) is 57.1 Å². The molecule has 2 aromatic carbocycles. The van der Waals surface area contributed by atoms with Gasteiger partial charge in [-0.2, -0.15) is 0 Å². The van der Waals surface area contributed by atoms with Crippen LogP contribution in [0.25, 0.3) is 28.7 Å². The van der Waals surface area contributed by atoms with Crippen molar-refractivity contribution in [3.63, 3.8) is 0 Å². The van der Waals surface area contributed by atoms with Crippen molar-refractivity contribution < 1.29 is 63.2 Å². The summed E-state index contributed by atoms with van der Waals surface area (Å²) in [6, 6.07) is 13.1. The van der Waals surface area contributed by atoms with Crippen molar-refractivity contribution >= 4 is 12.0 Å². The van der Waals surface area contributed by atoms with Crippen LogP contribution in [0.3, 0.4) is 0 Å². The van der Waals surface area contributed by atoms with E-state index in [0.29, 0.717) is 5.56 Å². The summed E-state index contributed by atoms with van der Waals surface area (Å²) < 4.78 is 39.0. The molecule has 1 fully saturated rings. The lowest BCUT2D eigenvalue weighted by Gasteiger charge is -2.39. The molecule has 0 saturated carbocycles. The van der Waals surface area contributed by atoms with Crippen LogP contribution in [-0.2, 0) is 9.47 Å². The summed E-state index contributed by atoms with van der Waals surface area (Å²) in [5, 5.41) is 52.0. The van der Waals surface area contributed by atoms with E-state index >= 15 is 0 Å². The molecule has 6 N–H and O–H groups in total. The van der Waals surface area contributed by atoms with E-state index < -0.39 is 48.7 Å². The summed E-state index contributed by atoms with van der Waals surface area (Å²) in [5.41, 5.74) is 0.514. The molecule has 2 heterocycles. The molecular formula is C33H33O14+. The first-order valence-corrected chi connectivity index (χ1v) is 14.2. The first-order valence-electron chi connectivity index (χ1n) is 14.2. The molecule has 2 aliphatic heterocycles.